The monoisotopic (exact) mass is 510 g/mol. The second-order valence-electron chi connectivity index (χ2n) is 8.73. The van der Waals surface area contributed by atoms with Crippen LogP contribution < -0.4 is 34.5 Å². The lowest BCUT2D eigenvalue weighted by atomic mass is 10.0. The van der Waals surface area contributed by atoms with Crippen LogP contribution in [0.4, 0.5) is 5.00 Å². The van der Waals surface area contributed by atoms with Crippen LogP contribution in [-0.2, 0) is 13.0 Å². The number of hydrogen-bond donors (Lipinski definition) is 3. The molecular formula is C26H28N3O6S+. The SMILES string of the molecule is COc1cc(C(=O)Oc2ccccc2[C@H]2NC(=O)c3c(sc4c3CC[NH+](C)C4)N2)cc(OC)c1OC. The molecule has 5 rings (SSSR count). The highest BCUT2D eigenvalue weighted by molar-refractivity contribution is 7.16. The van der Waals surface area contributed by atoms with Gasteiger partial charge in [-0.3, -0.25) is 4.79 Å². The summed E-state index contributed by atoms with van der Waals surface area (Å²) in [4.78, 5) is 28.9. The molecule has 188 valence electrons. The molecule has 1 unspecified atom stereocenters. The number of methoxy groups -OCH3 is 3. The molecule has 0 bridgehead atoms. The number of hydrogen-bond acceptors (Lipinski definition) is 8. The number of anilines is 1. The summed E-state index contributed by atoms with van der Waals surface area (Å²) >= 11 is 1.63. The fourth-order valence-electron chi connectivity index (χ4n) is 4.66. The number of esters is 1. The predicted octanol–water partition coefficient (Wildman–Crippen LogP) is 2.42. The van der Waals surface area contributed by atoms with Gasteiger partial charge in [0, 0.05) is 12.0 Å². The molecule has 0 saturated heterocycles. The molecule has 3 aromatic rings. The van der Waals surface area contributed by atoms with Gasteiger partial charge in [-0.05, 0) is 23.8 Å². The van der Waals surface area contributed by atoms with Gasteiger partial charge in [0.05, 0.1) is 50.9 Å². The Hall–Kier alpha value is -3.76. The molecule has 0 spiro atoms. The minimum absolute atomic E-state index is 0.114. The van der Waals surface area contributed by atoms with E-state index in [1.807, 2.05) is 12.1 Å². The van der Waals surface area contributed by atoms with Crippen LogP contribution in [-0.4, -0.2) is 46.8 Å². The third-order valence-electron chi connectivity index (χ3n) is 6.47. The average Bonchev–Trinajstić information content (AvgIpc) is 3.25. The van der Waals surface area contributed by atoms with Gasteiger partial charge in [-0.1, -0.05) is 18.2 Å². The first kappa shape index (κ1) is 24.0. The molecule has 9 nitrogen and oxygen atoms in total. The van der Waals surface area contributed by atoms with E-state index in [4.69, 9.17) is 18.9 Å². The number of amides is 1. The first-order valence-corrected chi connectivity index (χ1v) is 12.4. The number of nitrogens with one attached hydrogen (secondary N) is 3. The number of para-hydroxylation sites is 1. The fourth-order valence-corrected chi connectivity index (χ4v) is 6.04. The van der Waals surface area contributed by atoms with Crippen molar-refractivity contribution in [3.05, 3.63) is 63.5 Å². The summed E-state index contributed by atoms with van der Waals surface area (Å²) < 4.78 is 21.8. The van der Waals surface area contributed by atoms with Crippen molar-refractivity contribution in [1.82, 2.24) is 5.32 Å². The molecule has 2 aliphatic heterocycles. The number of thiophene rings is 1. The van der Waals surface area contributed by atoms with E-state index in [-0.39, 0.29) is 11.5 Å². The van der Waals surface area contributed by atoms with Crippen molar-refractivity contribution in [1.29, 1.82) is 0 Å². The molecule has 0 radical (unpaired) electrons. The van der Waals surface area contributed by atoms with Gasteiger partial charge in [-0.15, -0.1) is 11.3 Å². The Balaban J connectivity index is 1.43. The Morgan fingerprint density at radius 3 is 2.44 bits per heavy atom. The summed E-state index contributed by atoms with van der Waals surface area (Å²) in [6, 6.07) is 10.2. The molecule has 0 saturated carbocycles. The fraction of sp³-hybridized carbons (Fsp3) is 0.308. The predicted molar refractivity (Wildman–Crippen MR) is 135 cm³/mol. The third-order valence-corrected chi connectivity index (χ3v) is 7.63. The molecule has 0 fully saturated rings. The molecule has 3 heterocycles. The van der Waals surface area contributed by atoms with E-state index in [1.54, 1.807) is 23.5 Å². The smallest absolute Gasteiger partial charge is 0.343 e. The zero-order valence-corrected chi connectivity index (χ0v) is 21.3. The number of quaternary nitrogens is 1. The second-order valence-corrected chi connectivity index (χ2v) is 9.84. The van der Waals surface area contributed by atoms with Crippen LogP contribution in [0.2, 0.25) is 0 Å². The van der Waals surface area contributed by atoms with Crippen molar-refractivity contribution >= 4 is 28.2 Å². The Morgan fingerprint density at radius 2 is 1.75 bits per heavy atom. The normalized spacial score (nSPS) is 18.3. The molecule has 2 atom stereocenters. The Labute approximate surface area is 212 Å². The molecule has 3 N–H and O–H groups in total. The van der Waals surface area contributed by atoms with Crippen LogP contribution in [0.15, 0.2) is 36.4 Å². The average molecular weight is 511 g/mol. The second kappa shape index (κ2) is 9.71. The molecule has 36 heavy (non-hydrogen) atoms. The number of fused-ring (bicyclic) bond motifs is 3. The topological polar surface area (TPSA) is 99.6 Å². The van der Waals surface area contributed by atoms with Crippen molar-refractivity contribution in [2.45, 2.75) is 19.1 Å². The Bertz CT molecular complexity index is 1310. The summed E-state index contributed by atoms with van der Waals surface area (Å²) in [7, 11) is 6.62. The summed E-state index contributed by atoms with van der Waals surface area (Å²) in [6.45, 7) is 1.92. The molecule has 2 aromatic carbocycles. The lowest BCUT2D eigenvalue weighted by Gasteiger charge is -2.28. The van der Waals surface area contributed by atoms with Gasteiger partial charge in [0.2, 0.25) is 5.75 Å². The summed E-state index contributed by atoms with van der Waals surface area (Å²) in [5.74, 6) is 0.704. The molecular weight excluding hydrogens is 482 g/mol. The molecule has 1 aromatic heterocycles. The maximum absolute atomic E-state index is 13.1. The van der Waals surface area contributed by atoms with Crippen molar-refractivity contribution in [3.8, 4) is 23.0 Å². The standard InChI is InChI=1S/C26H27N3O6S/c1-29-10-9-16-20(13-29)36-25-21(16)24(30)27-23(28-25)15-7-5-6-8-17(15)35-26(31)14-11-18(32-2)22(34-4)19(12-14)33-3/h5-8,11-12,23,28H,9-10,13H2,1-4H3,(H,27,30)/p+1/t23-/m0/s1. The minimum Gasteiger partial charge on any atom is -0.493 e. The number of rotatable bonds is 6. The van der Waals surface area contributed by atoms with Gasteiger partial charge < -0.3 is 34.5 Å². The van der Waals surface area contributed by atoms with Gasteiger partial charge in [-0.2, -0.15) is 0 Å². The lowest BCUT2D eigenvalue weighted by Crippen LogP contribution is -3.08. The number of benzene rings is 2. The molecule has 10 heteroatoms. The van der Waals surface area contributed by atoms with E-state index in [0.29, 0.717) is 28.6 Å². The van der Waals surface area contributed by atoms with E-state index in [9.17, 15) is 9.59 Å². The van der Waals surface area contributed by atoms with Crippen molar-refractivity contribution in [2.75, 3.05) is 40.2 Å². The Kier molecular flexibility index (Phi) is 6.46. The number of ether oxygens (including phenoxy) is 4. The quantitative estimate of drug-likeness (QED) is 0.346. The zero-order valence-electron chi connectivity index (χ0n) is 20.5. The number of carbonyl (C=O) groups excluding carboxylic acids is 2. The van der Waals surface area contributed by atoms with E-state index in [0.717, 1.165) is 35.6 Å². The minimum atomic E-state index is -0.595. The van der Waals surface area contributed by atoms with Crippen molar-refractivity contribution < 1.29 is 33.4 Å². The maximum Gasteiger partial charge on any atom is 0.343 e. The molecule has 2 aliphatic rings. The van der Waals surface area contributed by atoms with E-state index in [1.165, 1.54) is 43.2 Å². The van der Waals surface area contributed by atoms with Crippen LogP contribution in [0.25, 0.3) is 0 Å². The zero-order chi connectivity index (χ0) is 25.4. The maximum atomic E-state index is 13.1. The summed E-state index contributed by atoms with van der Waals surface area (Å²) in [5.41, 5.74) is 2.77. The number of likely N-dealkylation sites (N-methyl/N-ethyl adjacent to an activating group) is 1. The summed E-state index contributed by atoms with van der Waals surface area (Å²) in [5, 5.41) is 7.35. The van der Waals surface area contributed by atoms with Gasteiger partial charge >= 0.3 is 5.97 Å². The molecule has 0 aliphatic carbocycles. The largest absolute Gasteiger partial charge is 0.493 e. The van der Waals surface area contributed by atoms with Crippen LogP contribution in [0, 0.1) is 0 Å². The van der Waals surface area contributed by atoms with E-state index < -0.39 is 12.1 Å². The first-order chi connectivity index (χ1) is 17.4. The van der Waals surface area contributed by atoms with Crippen molar-refractivity contribution in [3.63, 3.8) is 0 Å². The highest BCUT2D eigenvalue weighted by atomic mass is 32.1. The first-order valence-electron chi connectivity index (χ1n) is 11.6. The van der Waals surface area contributed by atoms with Crippen LogP contribution >= 0.6 is 11.3 Å². The van der Waals surface area contributed by atoms with Gasteiger partial charge in [-0.25, -0.2) is 4.79 Å². The highest BCUT2D eigenvalue weighted by Gasteiger charge is 2.35. The third kappa shape index (κ3) is 4.22. The Morgan fingerprint density at radius 1 is 1.03 bits per heavy atom. The van der Waals surface area contributed by atoms with Crippen molar-refractivity contribution in [2.24, 2.45) is 0 Å². The van der Waals surface area contributed by atoms with Crippen LogP contribution in [0.1, 0.15) is 42.9 Å². The summed E-state index contributed by atoms with van der Waals surface area (Å²) in [6.07, 6.45) is 0.342. The van der Waals surface area contributed by atoms with Gasteiger partial charge in [0.15, 0.2) is 11.5 Å². The van der Waals surface area contributed by atoms with E-state index in [2.05, 4.69) is 17.7 Å². The molecule has 1 amide bonds. The van der Waals surface area contributed by atoms with Crippen LogP contribution in [0.3, 0.4) is 0 Å². The van der Waals surface area contributed by atoms with Gasteiger partial charge in [0.25, 0.3) is 5.91 Å². The lowest BCUT2D eigenvalue weighted by molar-refractivity contribution is -0.895. The van der Waals surface area contributed by atoms with E-state index >= 15 is 0 Å². The number of carbonyl (C=O) groups is 2. The van der Waals surface area contributed by atoms with Crippen LogP contribution in [0.5, 0.6) is 23.0 Å². The van der Waals surface area contributed by atoms with Gasteiger partial charge in [0.1, 0.15) is 23.5 Å². The highest BCUT2D eigenvalue weighted by Crippen LogP contribution is 2.41.